The van der Waals surface area contributed by atoms with Gasteiger partial charge in [0.25, 0.3) is 0 Å². The summed E-state index contributed by atoms with van der Waals surface area (Å²) in [7, 11) is 1.97. The fourth-order valence-electron chi connectivity index (χ4n) is 3.08. The number of hydrogen-bond donors (Lipinski definition) is 1. The van der Waals surface area contributed by atoms with Gasteiger partial charge in [0.15, 0.2) is 4.80 Å². The fraction of sp³-hybridized carbons (Fsp3) is 0.474. The van der Waals surface area contributed by atoms with Crippen molar-refractivity contribution in [2.75, 3.05) is 0 Å². The predicted octanol–water partition coefficient (Wildman–Crippen LogP) is 3.32. The number of thiazole rings is 1. The van der Waals surface area contributed by atoms with Gasteiger partial charge in [0.05, 0.1) is 12.5 Å². The number of halogens is 1. The van der Waals surface area contributed by atoms with Crippen LogP contribution in [0, 0.1) is 5.82 Å². The first kappa shape index (κ1) is 17.9. The maximum Gasteiger partial charge on any atom is 0.226 e. The van der Waals surface area contributed by atoms with Gasteiger partial charge < -0.3 is 9.88 Å². The van der Waals surface area contributed by atoms with Gasteiger partial charge in [-0.15, -0.1) is 11.3 Å². The Morgan fingerprint density at radius 2 is 2.00 bits per heavy atom. The largest absolute Gasteiger partial charge is 0.352 e. The molecule has 1 amide bonds. The Bertz CT molecular complexity index is 773. The van der Waals surface area contributed by atoms with Crippen LogP contribution in [0.2, 0.25) is 0 Å². The Hall–Kier alpha value is -1.95. The molecule has 0 saturated heterocycles. The van der Waals surface area contributed by atoms with E-state index in [0.717, 1.165) is 16.1 Å². The molecule has 6 heteroatoms. The Morgan fingerprint density at radius 1 is 1.28 bits per heavy atom. The van der Waals surface area contributed by atoms with E-state index < -0.39 is 0 Å². The molecule has 1 aliphatic rings. The van der Waals surface area contributed by atoms with E-state index in [9.17, 15) is 9.18 Å². The highest BCUT2D eigenvalue weighted by Crippen LogP contribution is 2.20. The molecule has 1 heterocycles. The second kappa shape index (κ2) is 8.43. The van der Waals surface area contributed by atoms with Crippen molar-refractivity contribution < 1.29 is 9.18 Å². The highest BCUT2D eigenvalue weighted by atomic mass is 32.1. The molecule has 0 spiro atoms. The van der Waals surface area contributed by atoms with E-state index in [2.05, 4.69) is 5.32 Å². The third-order valence-corrected chi connectivity index (χ3v) is 5.61. The summed E-state index contributed by atoms with van der Waals surface area (Å²) < 4.78 is 14.9. The number of carbonyl (C=O) groups is 1. The molecular weight excluding hydrogens is 337 g/mol. The molecule has 134 valence electrons. The number of nitrogens with one attached hydrogen (secondary N) is 1. The van der Waals surface area contributed by atoms with Crippen molar-refractivity contribution in [3.8, 4) is 0 Å². The maximum absolute atomic E-state index is 12.9. The number of rotatable bonds is 5. The zero-order valence-electron chi connectivity index (χ0n) is 14.5. The standard InChI is InChI=1S/C19H24FN3OS/c1-23-17(13-25-19(23)22-16-5-3-2-4-6-16)11-18(24)21-12-14-7-9-15(20)10-8-14/h7-10,13,16H,2-6,11-12H2,1H3,(H,21,24). The van der Waals surface area contributed by atoms with Gasteiger partial charge >= 0.3 is 0 Å². The van der Waals surface area contributed by atoms with Crippen LogP contribution in [0.4, 0.5) is 4.39 Å². The van der Waals surface area contributed by atoms with Gasteiger partial charge in [-0.1, -0.05) is 31.4 Å². The molecule has 1 aromatic carbocycles. The first-order valence-electron chi connectivity index (χ1n) is 8.80. The zero-order chi connectivity index (χ0) is 17.6. The summed E-state index contributed by atoms with van der Waals surface area (Å²) in [5, 5.41) is 4.90. The SMILES string of the molecule is Cn1c(CC(=O)NCc2ccc(F)cc2)csc1=NC1CCCCC1. The van der Waals surface area contributed by atoms with Crippen molar-refractivity contribution in [2.45, 2.75) is 51.1 Å². The predicted molar refractivity (Wildman–Crippen MR) is 97.7 cm³/mol. The molecule has 1 N–H and O–H groups in total. The normalized spacial score (nSPS) is 16.2. The highest BCUT2D eigenvalue weighted by molar-refractivity contribution is 7.07. The lowest BCUT2D eigenvalue weighted by Crippen LogP contribution is -2.26. The molecular formula is C19H24FN3OS. The number of hydrogen-bond acceptors (Lipinski definition) is 3. The first-order chi connectivity index (χ1) is 12.1. The quantitative estimate of drug-likeness (QED) is 0.872. The van der Waals surface area contributed by atoms with Crippen LogP contribution in [0.5, 0.6) is 0 Å². The topological polar surface area (TPSA) is 46.4 Å². The number of nitrogens with zero attached hydrogens (tertiary/aromatic N) is 2. The Kier molecular flexibility index (Phi) is 6.02. The molecule has 1 fully saturated rings. The molecule has 0 aliphatic heterocycles. The van der Waals surface area contributed by atoms with E-state index >= 15 is 0 Å². The third-order valence-electron chi connectivity index (χ3n) is 4.63. The van der Waals surface area contributed by atoms with Crippen LogP contribution >= 0.6 is 11.3 Å². The molecule has 25 heavy (non-hydrogen) atoms. The first-order valence-corrected chi connectivity index (χ1v) is 9.68. The molecule has 0 radical (unpaired) electrons. The van der Waals surface area contributed by atoms with Crippen molar-refractivity contribution in [1.82, 2.24) is 9.88 Å². The van der Waals surface area contributed by atoms with E-state index in [-0.39, 0.29) is 11.7 Å². The fourth-order valence-corrected chi connectivity index (χ4v) is 4.04. The minimum atomic E-state index is -0.269. The molecule has 1 saturated carbocycles. The maximum atomic E-state index is 12.9. The third kappa shape index (κ3) is 5.01. The summed E-state index contributed by atoms with van der Waals surface area (Å²) in [6.07, 6.45) is 6.52. The monoisotopic (exact) mass is 361 g/mol. The average molecular weight is 361 g/mol. The van der Waals surface area contributed by atoms with E-state index in [1.807, 2.05) is 17.0 Å². The Labute approximate surface area is 151 Å². The van der Waals surface area contributed by atoms with Crippen molar-refractivity contribution in [3.05, 3.63) is 51.5 Å². The molecule has 2 aromatic rings. The molecule has 0 atom stereocenters. The van der Waals surface area contributed by atoms with E-state index in [1.54, 1.807) is 23.5 Å². The summed E-state index contributed by atoms with van der Waals surface area (Å²) in [4.78, 5) is 18.0. The average Bonchev–Trinajstić information content (AvgIpc) is 2.95. The van der Waals surface area contributed by atoms with E-state index in [1.165, 1.54) is 44.2 Å². The second-order valence-electron chi connectivity index (χ2n) is 6.57. The minimum Gasteiger partial charge on any atom is -0.352 e. The lowest BCUT2D eigenvalue weighted by atomic mass is 9.96. The van der Waals surface area contributed by atoms with Crippen molar-refractivity contribution in [3.63, 3.8) is 0 Å². The summed E-state index contributed by atoms with van der Waals surface area (Å²) in [6.45, 7) is 0.409. The van der Waals surface area contributed by atoms with Crippen LogP contribution in [-0.2, 0) is 24.8 Å². The van der Waals surface area contributed by atoms with E-state index in [0.29, 0.717) is 19.0 Å². The lowest BCUT2D eigenvalue weighted by Gasteiger charge is -2.16. The number of carbonyl (C=O) groups excluding carboxylic acids is 1. The van der Waals surface area contributed by atoms with Gasteiger partial charge in [-0.3, -0.25) is 9.79 Å². The summed E-state index contributed by atoms with van der Waals surface area (Å²) in [5.41, 5.74) is 1.86. The molecule has 0 bridgehead atoms. The van der Waals surface area contributed by atoms with Gasteiger partial charge in [0.1, 0.15) is 5.82 Å². The Morgan fingerprint density at radius 3 is 2.72 bits per heavy atom. The summed E-state index contributed by atoms with van der Waals surface area (Å²) >= 11 is 1.60. The molecule has 4 nitrogen and oxygen atoms in total. The number of benzene rings is 1. The molecule has 3 rings (SSSR count). The lowest BCUT2D eigenvalue weighted by molar-refractivity contribution is -0.120. The molecule has 0 unspecified atom stereocenters. The highest BCUT2D eigenvalue weighted by Gasteiger charge is 2.13. The number of aromatic nitrogens is 1. The summed E-state index contributed by atoms with van der Waals surface area (Å²) in [5.74, 6) is -0.309. The van der Waals surface area contributed by atoms with E-state index in [4.69, 9.17) is 4.99 Å². The smallest absolute Gasteiger partial charge is 0.226 e. The van der Waals surface area contributed by atoms with Crippen molar-refractivity contribution >= 4 is 17.2 Å². The van der Waals surface area contributed by atoms with Crippen LogP contribution in [0.3, 0.4) is 0 Å². The van der Waals surface area contributed by atoms with Crippen molar-refractivity contribution in [1.29, 1.82) is 0 Å². The van der Waals surface area contributed by atoms with Gasteiger partial charge in [-0.2, -0.15) is 0 Å². The van der Waals surface area contributed by atoms with Gasteiger partial charge in [0, 0.05) is 24.7 Å². The van der Waals surface area contributed by atoms with Crippen LogP contribution in [-0.4, -0.2) is 16.5 Å². The summed E-state index contributed by atoms with van der Waals surface area (Å²) in [6, 6.07) is 6.60. The van der Waals surface area contributed by atoms with Gasteiger partial charge in [0.2, 0.25) is 5.91 Å². The molecule has 1 aromatic heterocycles. The van der Waals surface area contributed by atoms with Crippen LogP contribution in [0.25, 0.3) is 0 Å². The van der Waals surface area contributed by atoms with Gasteiger partial charge in [-0.25, -0.2) is 4.39 Å². The van der Waals surface area contributed by atoms with Crippen molar-refractivity contribution in [2.24, 2.45) is 12.0 Å². The van der Waals surface area contributed by atoms with Crippen LogP contribution in [0.1, 0.15) is 43.4 Å². The molecule has 1 aliphatic carbocycles. The minimum absolute atomic E-state index is 0.0399. The zero-order valence-corrected chi connectivity index (χ0v) is 15.3. The number of amides is 1. The van der Waals surface area contributed by atoms with Crippen LogP contribution < -0.4 is 10.1 Å². The Balaban J connectivity index is 1.58. The van der Waals surface area contributed by atoms with Gasteiger partial charge in [-0.05, 0) is 30.5 Å². The van der Waals surface area contributed by atoms with Crippen LogP contribution in [0.15, 0.2) is 34.6 Å². The second-order valence-corrected chi connectivity index (χ2v) is 7.41.